The zero-order valence-corrected chi connectivity index (χ0v) is 11.1. The summed E-state index contributed by atoms with van der Waals surface area (Å²) >= 11 is 0. The number of nitrogens with two attached hydrogens (primary N) is 1. The average molecular weight is 302 g/mol. The van der Waals surface area contributed by atoms with E-state index in [1.807, 2.05) is 6.92 Å². The van der Waals surface area contributed by atoms with Gasteiger partial charge in [0.2, 0.25) is 0 Å². The first-order valence-corrected chi connectivity index (χ1v) is 5.57. The molecular weight excluding hydrogens is 286 g/mol. The fourth-order valence-electron chi connectivity index (χ4n) is 1.67. The van der Waals surface area contributed by atoms with Crippen molar-refractivity contribution < 1.29 is 22.7 Å². The zero-order chi connectivity index (χ0) is 13.9. The summed E-state index contributed by atoms with van der Waals surface area (Å²) < 4.78 is 50.6. The Kier molecular flexibility index (Phi) is 6.76. The lowest BCUT2D eigenvalue weighted by Crippen LogP contribution is -2.26. The highest BCUT2D eigenvalue weighted by molar-refractivity contribution is 5.85. The number of rotatable bonds is 4. The number of hydrogen-bond donors (Lipinski definition) is 2. The minimum absolute atomic E-state index is 0. The molecular formula is C12H16ClF4NO. The second-order valence-electron chi connectivity index (χ2n) is 4.15. The molecule has 3 N–H and O–H groups in total. The number of halogens is 5. The predicted molar refractivity (Wildman–Crippen MR) is 66.5 cm³/mol. The highest BCUT2D eigenvalue weighted by atomic mass is 35.5. The maximum atomic E-state index is 13.1. The van der Waals surface area contributed by atoms with E-state index in [4.69, 9.17) is 5.73 Å². The molecule has 0 radical (unpaired) electrons. The Morgan fingerprint density at radius 3 is 2.32 bits per heavy atom. The fraction of sp³-hybridized carbons (Fsp3) is 0.500. The number of benzene rings is 1. The van der Waals surface area contributed by atoms with Crippen molar-refractivity contribution in [3.8, 4) is 0 Å². The SMILES string of the molecule is CCC[C@H](O)[C@H](N)c1cc(F)cc(C(F)(F)F)c1.Cl. The van der Waals surface area contributed by atoms with E-state index >= 15 is 0 Å². The van der Waals surface area contributed by atoms with Crippen LogP contribution in [0.2, 0.25) is 0 Å². The zero-order valence-electron chi connectivity index (χ0n) is 10.2. The van der Waals surface area contributed by atoms with Gasteiger partial charge in [0.05, 0.1) is 17.7 Å². The molecule has 0 aliphatic heterocycles. The van der Waals surface area contributed by atoms with Crippen LogP contribution in [0.1, 0.15) is 36.9 Å². The maximum Gasteiger partial charge on any atom is 0.416 e. The molecule has 0 unspecified atom stereocenters. The third kappa shape index (κ3) is 4.97. The molecule has 1 aromatic rings. The Balaban J connectivity index is 0.00000324. The van der Waals surface area contributed by atoms with Crippen LogP contribution in [-0.2, 0) is 6.18 Å². The van der Waals surface area contributed by atoms with Crippen LogP contribution in [0, 0.1) is 5.82 Å². The van der Waals surface area contributed by atoms with Gasteiger partial charge >= 0.3 is 6.18 Å². The van der Waals surface area contributed by atoms with Crippen molar-refractivity contribution in [1.82, 2.24) is 0 Å². The van der Waals surface area contributed by atoms with Crippen molar-refractivity contribution in [2.24, 2.45) is 5.73 Å². The van der Waals surface area contributed by atoms with Crippen LogP contribution < -0.4 is 5.73 Å². The Morgan fingerprint density at radius 2 is 1.84 bits per heavy atom. The second-order valence-corrected chi connectivity index (χ2v) is 4.15. The van der Waals surface area contributed by atoms with Crippen LogP contribution in [0.4, 0.5) is 17.6 Å². The summed E-state index contributed by atoms with van der Waals surface area (Å²) in [7, 11) is 0. The molecule has 0 aliphatic rings. The molecule has 0 bridgehead atoms. The summed E-state index contributed by atoms with van der Waals surface area (Å²) in [5.41, 5.74) is 4.47. The monoisotopic (exact) mass is 301 g/mol. The van der Waals surface area contributed by atoms with Gasteiger partial charge < -0.3 is 10.8 Å². The Hall–Kier alpha value is -0.850. The van der Waals surface area contributed by atoms with E-state index in [9.17, 15) is 22.7 Å². The van der Waals surface area contributed by atoms with Crippen LogP contribution in [0.5, 0.6) is 0 Å². The molecule has 19 heavy (non-hydrogen) atoms. The minimum atomic E-state index is -4.63. The van der Waals surface area contributed by atoms with Crippen molar-refractivity contribution in [2.45, 2.75) is 38.1 Å². The predicted octanol–water partition coefficient (Wildman–Crippen LogP) is 3.43. The molecule has 2 nitrogen and oxygen atoms in total. The van der Waals surface area contributed by atoms with E-state index in [1.54, 1.807) is 0 Å². The maximum absolute atomic E-state index is 13.1. The van der Waals surface area contributed by atoms with Gasteiger partial charge in [0, 0.05) is 0 Å². The Morgan fingerprint density at radius 1 is 1.26 bits per heavy atom. The van der Waals surface area contributed by atoms with Gasteiger partial charge in [0.25, 0.3) is 0 Å². The van der Waals surface area contributed by atoms with Gasteiger partial charge in [-0.2, -0.15) is 13.2 Å². The molecule has 1 rings (SSSR count). The third-order valence-corrected chi connectivity index (χ3v) is 2.63. The third-order valence-electron chi connectivity index (χ3n) is 2.63. The second kappa shape index (κ2) is 7.07. The van der Waals surface area contributed by atoms with Gasteiger partial charge in [-0.05, 0) is 30.2 Å². The largest absolute Gasteiger partial charge is 0.416 e. The molecule has 0 heterocycles. The van der Waals surface area contributed by atoms with Crippen molar-refractivity contribution >= 4 is 12.4 Å². The first-order valence-electron chi connectivity index (χ1n) is 5.57. The van der Waals surface area contributed by atoms with E-state index < -0.39 is 29.7 Å². The normalized spacial score (nSPS) is 14.7. The van der Waals surface area contributed by atoms with Crippen molar-refractivity contribution in [2.75, 3.05) is 0 Å². The van der Waals surface area contributed by atoms with Crippen LogP contribution >= 0.6 is 12.4 Å². The number of hydrogen-bond acceptors (Lipinski definition) is 2. The molecule has 0 saturated carbocycles. The summed E-state index contributed by atoms with van der Waals surface area (Å²) in [4.78, 5) is 0. The van der Waals surface area contributed by atoms with Crippen LogP contribution in [-0.4, -0.2) is 11.2 Å². The quantitative estimate of drug-likeness (QED) is 0.837. The van der Waals surface area contributed by atoms with Crippen LogP contribution in [0.15, 0.2) is 18.2 Å². The molecule has 0 aromatic heterocycles. The summed E-state index contributed by atoms with van der Waals surface area (Å²) in [5.74, 6) is -1.01. The highest BCUT2D eigenvalue weighted by Crippen LogP contribution is 2.32. The minimum Gasteiger partial charge on any atom is -0.391 e. The van der Waals surface area contributed by atoms with Crippen molar-refractivity contribution in [3.63, 3.8) is 0 Å². The molecule has 0 amide bonds. The van der Waals surface area contributed by atoms with Gasteiger partial charge in [-0.3, -0.25) is 0 Å². The number of aliphatic hydroxyl groups is 1. The number of alkyl halides is 3. The van der Waals surface area contributed by atoms with Gasteiger partial charge in [-0.25, -0.2) is 4.39 Å². The first-order chi connectivity index (χ1) is 8.25. The molecule has 1 aromatic carbocycles. The van der Waals surface area contributed by atoms with E-state index in [1.165, 1.54) is 0 Å². The Bertz CT molecular complexity index is 411. The summed E-state index contributed by atoms with van der Waals surface area (Å²) in [6.45, 7) is 1.81. The lowest BCUT2D eigenvalue weighted by molar-refractivity contribution is -0.137. The topological polar surface area (TPSA) is 46.2 Å². The fourth-order valence-corrected chi connectivity index (χ4v) is 1.67. The number of aliphatic hydroxyl groups excluding tert-OH is 1. The summed E-state index contributed by atoms with van der Waals surface area (Å²) in [6.07, 6.45) is -4.64. The van der Waals surface area contributed by atoms with Gasteiger partial charge in [-0.15, -0.1) is 12.4 Å². The van der Waals surface area contributed by atoms with E-state index in [2.05, 4.69) is 0 Å². The van der Waals surface area contributed by atoms with Gasteiger partial charge in [-0.1, -0.05) is 13.3 Å². The molecule has 0 spiro atoms. The molecule has 0 saturated heterocycles. The smallest absolute Gasteiger partial charge is 0.391 e. The molecule has 2 atom stereocenters. The summed E-state index contributed by atoms with van der Waals surface area (Å²) in [5, 5.41) is 9.63. The van der Waals surface area contributed by atoms with E-state index in [0.29, 0.717) is 18.9 Å². The molecule has 7 heteroatoms. The standard InChI is InChI=1S/C12H15F4NO.ClH/c1-2-3-10(18)11(17)7-4-8(12(14,15)16)6-9(13)5-7;/h4-6,10-11,18H,2-3,17H2,1H3;1H/t10-,11+;/m0./s1. The average Bonchev–Trinajstić information content (AvgIpc) is 2.26. The molecule has 110 valence electrons. The van der Waals surface area contributed by atoms with Gasteiger partial charge in [0.1, 0.15) is 5.82 Å². The van der Waals surface area contributed by atoms with Crippen molar-refractivity contribution in [3.05, 3.63) is 35.1 Å². The van der Waals surface area contributed by atoms with E-state index in [0.717, 1.165) is 12.1 Å². The lowest BCUT2D eigenvalue weighted by Gasteiger charge is -2.20. The Labute approximate surface area is 115 Å². The van der Waals surface area contributed by atoms with E-state index in [-0.39, 0.29) is 18.0 Å². The van der Waals surface area contributed by atoms with Crippen LogP contribution in [0.3, 0.4) is 0 Å². The summed E-state index contributed by atoms with van der Waals surface area (Å²) in [6, 6.07) is 1.06. The lowest BCUT2D eigenvalue weighted by atomic mass is 9.97. The van der Waals surface area contributed by atoms with Gasteiger partial charge in [0.15, 0.2) is 0 Å². The van der Waals surface area contributed by atoms with Crippen LogP contribution in [0.25, 0.3) is 0 Å². The molecule has 0 fully saturated rings. The highest BCUT2D eigenvalue weighted by Gasteiger charge is 2.32. The van der Waals surface area contributed by atoms with Crippen molar-refractivity contribution in [1.29, 1.82) is 0 Å². The molecule has 0 aliphatic carbocycles. The first kappa shape index (κ1) is 18.1.